The van der Waals surface area contributed by atoms with Gasteiger partial charge in [-0.1, -0.05) is 23.9 Å². The molecule has 0 radical (unpaired) electrons. The zero-order valence-electron chi connectivity index (χ0n) is 14.3. The van der Waals surface area contributed by atoms with Crippen molar-refractivity contribution in [1.82, 2.24) is 0 Å². The Balaban J connectivity index is 2.45. The van der Waals surface area contributed by atoms with Gasteiger partial charge in [-0.3, -0.25) is 10.1 Å². The van der Waals surface area contributed by atoms with Crippen LogP contribution in [0.4, 0.5) is 5.69 Å². The third-order valence-electron chi connectivity index (χ3n) is 3.27. The molecule has 0 aliphatic heterocycles. The fourth-order valence-electron chi connectivity index (χ4n) is 2.14. The first-order valence-electron chi connectivity index (χ1n) is 7.87. The molecule has 0 aliphatic rings. The van der Waals surface area contributed by atoms with E-state index in [2.05, 4.69) is 0 Å². The van der Waals surface area contributed by atoms with Crippen molar-refractivity contribution in [2.75, 3.05) is 13.2 Å². The molecule has 2 aromatic carbocycles. The first kappa shape index (κ1) is 19.5. The molecule has 0 aromatic heterocycles. The lowest BCUT2D eigenvalue weighted by molar-refractivity contribution is -0.384. The average molecular weight is 375 g/mol. The highest BCUT2D eigenvalue weighted by Gasteiger charge is 2.20. The highest BCUT2D eigenvalue weighted by molar-refractivity contribution is 7.99. The van der Waals surface area contributed by atoms with E-state index in [0.29, 0.717) is 15.4 Å². The number of nitro groups is 1. The molecule has 8 heteroatoms. The summed E-state index contributed by atoms with van der Waals surface area (Å²) in [4.78, 5) is 35.8. The monoisotopic (exact) mass is 375 g/mol. The number of nitrogens with zero attached hydrogens (tertiary/aromatic N) is 1. The lowest BCUT2D eigenvalue weighted by atomic mass is 10.2. The number of non-ortho nitro benzene ring substituents is 1. The van der Waals surface area contributed by atoms with Crippen molar-refractivity contribution in [2.24, 2.45) is 0 Å². The minimum atomic E-state index is -0.660. The van der Waals surface area contributed by atoms with Crippen LogP contribution in [0.3, 0.4) is 0 Å². The van der Waals surface area contributed by atoms with E-state index in [4.69, 9.17) is 9.47 Å². The van der Waals surface area contributed by atoms with Crippen LogP contribution in [-0.4, -0.2) is 30.1 Å². The van der Waals surface area contributed by atoms with Crippen LogP contribution in [0, 0.1) is 10.1 Å². The number of nitro benzene ring substituents is 1. The second-order valence-electron chi connectivity index (χ2n) is 4.98. The minimum absolute atomic E-state index is 0.0738. The fraction of sp³-hybridized carbons (Fsp3) is 0.222. The molecule has 0 aliphatic carbocycles. The van der Waals surface area contributed by atoms with Crippen LogP contribution in [0.1, 0.15) is 34.6 Å². The van der Waals surface area contributed by atoms with E-state index in [1.54, 1.807) is 38.1 Å². The maximum absolute atomic E-state index is 12.2. The van der Waals surface area contributed by atoms with E-state index in [0.717, 1.165) is 11.8 Å². The van der Waals surface area contributed by atoms with Gasteiger partial charge in [0.1, 0.15) is 0 Å². The van der Waals surface area contributed by atoms with E-state index >= 15 is 0 Å². The van der Waals surface area contributed by atoms with Gasteiger partial charge in [0.25, 0.3) is 5.69 Å². The topological polar surface area (TPSA) is 95.7 Å². The summed E-state index contributed by atoms with van der Waals surface area (Å²) in [5.41, 5.74) is 0.216. The van der Waals surface area contributed by atoms with Gasteiger partial charge in [-0.25, -0.2) is 9.59 Å². The lowest BCUT2D eigenvalue weighted by Crippen LogP contribution is -2.08. The van der Waals surface area contributed by atoms with Crippen LogP contribution in [0.15, 0.2) is 52.3 Å². The highest BCUT2D eigenvalue weighted by atomic mass is 32.2. The van der Waals surface area contributed by atoms with Crippen molar-refractivity contribution in [1.29, 1.82) is 0 Å². The predicted molar refractivity (Wildman–Crippen MR) is 95.6 cm³/mol. The molecule has 2 aromatic rings. The standard InChI is InChI=1S/C18H17NO6S/c1-3-24-17(20)13-7-5-6-8-15(13)26-16-10-9-12(19(22)23)11-14(16)18(21)25-4-2/h5-11H,3-4H2,1-2H3. The van der Waals surface area contributed by atoms with Crippen LogP contribution < -0.4 is 0 Å². The van der Waals surface area contributed by atoms with Gasteiger partial charge in [0.05, 0.1) is 29.3 Å². The normalized spacial score (nSPS) is 10.2. The number of esters is 2. The van der Waals surface area contributed by atoms with Crippen molar-refractivity contribution in [3.8, 4) is 0 Å². The molecule has 7 nitrogen and oxygen atoms in total. The van der Waals surface area contributed by atoms with E-state index in [-0.39, 0.29) is 24.5 Å². The van der Waals surface area contributed by atoms with Gasteiger partial charge in [-0.05, 0) is 32.0 Å². The van der Waals surface area contributed by atoms with Crippen molar-refractivity contribution in [3.05, 3.63) is 63.7 Å². The molecule has 0 N–H and O–H groups in total. The van der Waals surface area contributed by atoms with Crippen LogP contribution in [0.2, 0.25) is 0 Å². The number of rotatable bonds is 7. The van der Waals surface area contributed by atoms with Crippen molar-refractivity contribution in [3.63, 3.8) is 0 Å². The first-order valence-corrected chi connectivity index (χ1v) is 8.69. The quantitative estimate of drug-likeness (QED) is 0.408. The summed E-state index contributed by atoms with van der Waals surface area (Å²) in [7, 11) is 0. The van der Waals surface area contributed by atoms with Gasteiger partial charge in [0, 0.05) is 21.9 Å². The Bertz CT molecular complexity index is 836. The van der Waals surface area contributed by atoms with E-state index in [1.807, 2.05) is 0 Å². The average Bonchev–Trinajstić information content (AvgIpc) is 2.62. The Labute approximate surface area is 154 Å². The van der Waals surface area contributed by atoms with Gasteiger partial charge in [0.15, 0.2) is 0 Å². The molecular weight excluding hydrogens is 358 g/mol. The Morgan fingerprint density at radius 1 is 0.962 bits per heavy atom. The lowest BCUT2D eigenvalue weighted by Gasteiger charge is -2.11. The van der Waals surface area contributed by atoms with Crippen LogP contribution >= 0.6 is 11.8 Å². The number of hydrogen-bond acceptors (Lipinski definition) is 7. The highest BCUT2D eigenvalue weighted by Crippen LogP contribution is 2.35. The molecule has 0 saturated heterocycles. The fourth-order valence-corrected chi connectivity index (χ4v) is 3.17. The molecule has 0 amide bonds. The summed E-state index contributed by atoms with van der Waals surface area (Å²) in [6.07, 6.45) is 0. The molecule has 0 spiro atoms. The summed E-state index contributed by atoms with van der Waals surface area (Å²) < 4.78 is 10.0. The van der Waals surface area contributed by atoms with Gasteiger partial charge < -0.3 is 9.47 Å². The minimum Gasteiger partial charge on any atom is -0.462 e. The van der Waals surface area contributed by atoms with Gasteiger partial charge >= 0.3 is 11.9 Å². The Morgan fingerprint density at radius 2 is 1.54 bits per heavy atom. The van der Waals surface area contributed by atoms with E-state index in [9.17, 15) is 19.7 Å². The number of carbonyl (C=O) groups excluding carboxylic acids is 2. The molecule has 26 heavy (non-hydrogen) atoms. The van der Waals surface area contributed by atoms with Crippen molar-refractivity contribution >= 4 is 29.4 Å². The smallest absolute Gasteiger partial charge is 0.339 e. The molecule has 0 unspecified atom stereocenters. The van der Waals surface area contributed by atoms with Gasteiger partial charge in [0.2, 0.25) is 0 Å². The Morgan fingerprint density at radius 3 is 2.15 bits per heavy atom. The zero-order valence-corrected chi connectivity index (χ0v) is 15.1. The predicted octanol–water partition coefficient (Wildman–Crippen LogP) is 4.10. The van der Waals surface area contributed by atoms with Crippen molar-refractivity contribution < 1.29 is 24.0 Å². The molecule has 0 heterocycles. The van der Waals surface area contributed by atoms with Crippen LogP contribution in [0.5, 0.6) is 0 Å². The molecular formula is C18H17NO6S. The summed E-state index contributed by atoms with van der Waals surface area (Å²) in [6.45, 7) is 3.75. The summed E-state index contributed by atoms with van der Waals surface area (Å²) in [6, 6.07) is 10.7. The SMILES string of the molecule is CCOC(=O)c1ccccc1Sc1ccc([N+](=O)[O-])cc1C(=O)OCC. The zero-order chi connectivity index (χ0) is 19.1. The molecule has 0 atom stereocenters. The number of hydrogen-bond donors (Lipinski definition) is 0. The Hall–Kier alpha value is -2.87. The summed E-state index contributed by atoms with van der Waals surface area (Å²) >= 11 is 1.15. The Kier molecular flexibility index (Phi) is 6.74. The second-order valence-corrected chi connectivity index (χ2v) is 6.06. The number of carbonyl (C=O) groups is 2. The van der Waals surface area contributed by atoms with E-state index in [1.165, 1.54) is 18.2 Å². The third kappa shape index (κ3) is 4.60. The van der Waals surface area contributed by atoms with Crippen molar-refractivity contribution in [2.45, 2.75) is 23.6 Å². The second kappa shape index (κ2) is 9.00. The summed E-state index contributed by atoms with van der Waals surface area (Å²) in [5.74, 6) is -1.14. The molecule has 0 saturated carbocycles. The largest absolute Gasteiger partial charge is 0.462 e. The van der Waals surface area contributed by atoms with Crippen LogP contribution in [-0.2, 0) is 9.47 Å². The number of benzene rings is 2. The maximum atomic E-state index is 12.2. The van der Waals surface area contributed by atoms with Gasteiger partial charge in [-0.2, -0.15) is 0 Å². The third-order valence-corrected chi connectivity index (χ3v) is 4.42. The first-order chi connectivity index (χ1) is 12.5. The number of ether oxygens (including phenoxy) is 2. The molecule has 0 bridgehead atoms. The molecule has 136 valence electrons. The van der Waals surface area contributed by atoms with Crippen LogP contribution in [0.25, 0.3) is 0 Å². The van der Waals surface area contributed by atoms with Gasteiger partial charge in [-0.15, -0.1) is 0 Å². The summed E-state index contributed by atoms with van der Waals surface area (Å²) in [5, 5.41) is 11.0. The maximum Gasteiger partial charge on any atom is 0.339 e. The molecule has 0 fully saturated rings. The van der Waals surface area contributed by atoms with E-state index < -0.39 is 16.9 Å². The molecule has 2 rings (SSSR count).